The van der Waals surface area contributed by atoms with Crippen LogP contribution in [-0.4, -0.2) is 26.1 Å². The SMILES string of the molecule is O=c1[nH]c(CN2CCn3ccnc32)nc2ccsc12. The highest BCUT2D eigenvalue weighted by atomic mass is 32.1. The lowest BCUT2D eigenvalue weighted by Gasteiger charge is -2.14. The van der Waals surface area contributed by atoms with Crippen LogP contribution >= 0.6 is 11.3 Å². The van der Waals surface area contributed by atoms with E-state index in [9.17, 15) is 4.79 Å². The van der Waals surface area contributed by atoms with Crippen molar-refractivity contribution in [2.75, 3.05) is 11.4 Å². The molecule has 0 aliphatic carbocycles. The number of nitrogens with zero attached hydrogens (tertiary/aromatic N) is 4. The van der Waals surface area contributed by atoms with Crippen LogP contribution in [-0.2, 0) is 13.1 Å². The van der Waals surface area contributed by atoms with Gasteiger partial charge in [0.15, 0.2) is 0 Å². The summed E-state index contributed by atoms with van der Waals surface area (Å²) >= 11 is 1.42. The van der Waals surface area contributed by atoms with E-state index in [2.05, 4.69) is 24.4 Å². The van der Waals surface area contributed by atoms with Crippen LogP contribution in [0.15, 0.2) is 28.6 Å². The van der Waals surface area contributed by atoms with Gasteiger partial charge in [0, 0.05) is 25.5 Å². The predicted molar refractivity (Wildman–Crippen MR) is 73.5 cm³/mol. The molecule has 0 radical (unpaired) electrons. The maximum Gasteiger partial charge on any atom is 0.268 e. The second-order valence-electron chi connectivity index (χ2n) is 4.49. The van der Waals surface area contributed by atoms with Gasteiger partial charge in [-0.3, -0.25) is 4.79 Å². The Morgan fingerprint density at radius 2 is 2.37 bits per heavy atom. The fourth-order valence-corrected chi connectivity index (χ4v) is 3.14. The molecule has 0 aromatic carbocycles. The van der Waals surface area contributed by atoms with Gasteiger partial charge in [-0.2, -0.15) is 0 Å². The van der Waals surface area contributed by atoms with Crippen molar-refractivity contribution in [3.63, 3.8) is 0 Å². The molecule has 96 valence electrons. The highest BCUT2D eigenvalue weighted by Gasteiger charge is 2.20. The van der Waals surface area contributed by atoms with Crippen molar-refractivity contribution in [1.29, 1.82) is 0 Å². The lowest BCUT2D eigenvalue weighted by atomic mass is 10.4. The standard InChI is InChI=1S/C12H11N5OS/c18-11-10-8(1-6-19-10)14-9(15-11)7-17-5-4-16-3-2-13-12(16)17/h1-3,6H,4-5,7H2,(H,14,15,18). The molecule has 19 heavy (non-hydrogen) atoms. The first-order chi connectivity index (χ1) is 9.31. The third kappa shape index (κ3) is 1.66. The molecule has 0 fully saturated rings. The van der Waals surface area contributed by atoms with Crippen LogP contribution in [0.4, 0.5) is 5.95 Å². The van der Waals surface area contributed by atoms with Gasteiger partial charge >= 0.3 is 0 Å². The van der Waals surface area contributed by atoms with E-state index in [0.29, 0.717) is 17.1 Å². The van der Waals surface area contributed by atoms with Crippen molar-refractivity contribution >= 4 is 27.5 Å². The number of fused-ring (bicyclic) bond motifs is 2. The highest BCUT2D eigenvalue weighted by molar-refractivity contribution is 7.17. The van der Waals surface area contributed by atoms with Crippen LogP contribution in [0.3, 0.4) is 0 Å². The molecule has 0 bridgehead atoms. The first kappa shape index (κ1) is 10.7. The topological polar surface area (TPSA) is 66.8 Å². The second-order valence-corrected chi connectivity index (χ2v) is 5.41. The number of anilines is 1. The summed E-state index contributed by atoms with van der Waals surface area (Å²) in [5.74, 6) is 1.63. The molecule has 1 aliphatic rings. The van der Waals surface area contributed by atoms with E-state index in [0.717, 1.165) is 24.6 Å². The maximum absolute atomic E-state index is 11.9. The maximum atomic E-state index is 11.9. The third-order valence-corrected chi connectivity index (χ3v) is 4.19. The second kappa shape index (κ2) is 3.92. The lowest BCUT2D eigenvalue weighted by molar-refractivity contribution is 0.750. The van der Waals surface area contributed by atoms with Crippen LogP contribution in [0.25, 0.3) is 10.2 Å². The Hall–Kier alpha value is -2.15. The van der Waals surface area contributed by atoms with E-state index in [-0.39, 0.29) is 5.56 Å². The molecule has 7 heteroatoms. The van der Waals surface area contributed by atoms with Gasteiger partial charge in [-0.1, -0.05) is 0 Å². The van der Waals surface area contributed by atoms with E-state index in [1.165, 1.54) is 11.3 Å². The fourth-order valence-electron chi connectivity index (χ4n) is 2.41. The van der Waals surface area contributed by atoms with Crippen LogP contribution in [0.1, 0.15) is 5.82 Å². The summed E-state index contributed by atoms with van der Waals surface area (Å²) in [5.41, 5.74) is 0.712. The molecule has 0 saturated heterocycles. The molecule has 3 aromatic heterocycles. The van der Waals surface area contributed by atoms with Crippen molar-refractivity contribution in [3.8, 4) is 0 Å². The smallest absolute Gasteiger partial charge is 0.268 e. The molecule has 0 unspecified atom stereocenters. The molecule has 1 N–H and O–H groups in total. The van der Waals surface area contributed by atoms with Crippen LogP contribution in [0, 0.1) is 0 Å². The van der Waals surface area contributed by atoms with E-state index >= 15 is 0 Å². The predicted octanol–water partition coefficient (Wildman–Crippen LogP) is 1.20. The Kier molecular flexibility index (Phi) is 2.22. The van der Waals surface area contributed by atoms with Gasteiger partial charge in [-0.25, -0.2) is 9.97 Å². The van der Waals surface area contributed by atoms with Gasteiger partial charge in [0.25, 0.3) is 5.56 Å². The van der Waals surface area contributed by atoms with Crippen molar-refractivity contribution in [2.24, 2.45) is 0 Å². The number of aromatic nitrogens is 4. The van der Waals surface area contributed by atoms with Gasteiger partial charge in [0.05, 0.1) is 12.1 Å². The van der Waals surface area contributed by atoms with Crippen molar-refractivity contribution in [2.45, 2.75) is 13.1 Å². The van der Waals surface area contributed by atoms with Gasteiger partial charge in [0.2, 0.25) is 5.95 Å². The monoisotopic (exact) mass is 273 g/mol. The molecule has 0 spiro atoms. The number of H-pyrrole nitrogens is 1. The van der Waals surface area contributed by atoms with Gasteiger partial charge < -0.3 is 14.5 Å². The Balaban J connectivity index is 1.71. The van der Waals surface area contributed by atoms with Crippen LogP contribution in [0.2, 0.25) is 0 Å². The van der Waals surface area contributed by atoms with E-state index in [1.54, 1.807) is 6.20 Å². The Morgan fingerprint density at radius 1 is 1.42 bits per heavy atom. The first-order valence-corrected chi connectivity index (χ1v) is 6.92. The van der Waals surface area contributed by atoms with E-state index in [4.69, 9.17) is 0 Å². The normalized spacial score (nSPS) is 14.2. The zero-order chi connectivity index (χ0) is 12.8. The average Bonchev–Trinajstić information content (AvgIpc) is 3.06. The van der Waals surface area contributed by atoms with Gasteiger partial charge in [-0.15, -0.1) is 11.3 Å². The molecule has 3 aromatic rings. The Morgan fingerprint density at radius 3 is 3.32 bits per heavy atom. The average molecular weight is 273 g/mol. The van der Waals surface area contributed by atoms with Gasteiger partial charge in [0.1, 0.15) is 10.5 Å². The third-order valence-electron chi connectivity index (χ3n) is 3.29. The van der Waals surface area contributed by atoms with Crippen molar-refractivity contribution < 1.29 is 0 Å². The fraction of sp³-hybridized carbons (Fsp3) is 0.250. The molecule has 1 aliphatic heterocycles. The number of hydrogen-bond acceptors (Lipinski definition) is 5. The molecule has 6 nitrogen and oxygen atoms in total. The van der Waals surface area contributed by atoms with Gasteiger partial charge in [-0.05, 0) is 11.4 Å². The number of nitrogens with one attached hydrogen (secondary N) is 1. The quantitative estimate of drug-likeness (QED) is 0.762. The Labute approximate surface area is 112 Å². The first-order valence-electron chi connectivity index (χ1n) is 6.04. The summed E-state index contributed by atoms with van der Waals surface area (Å²) in [6.45, 7) is 2.41. The molecule has 4 rings (SSSR count). The minimum atomic E-state index is -0.0578. The number of aromatic amines is 1. The van der Waals surface area contributed by atoms with Crippen molar-refractivity contribution in [1.82, 2.24) is 19.5 Å². The van der Waals surface area contributed by atoms with E-state index in [1.807, 2.05) is 17.6 Å². The number of thiophene rings is 1. The Bertz CT molecular complexity index is 802. The van der Waals surface area contributed by atoms with Crippen molar-refractivity contribution in [3.05, 3.63) is 40.0 Å². The summed E-state index contributed by atoms with van der Waals surface area (Å²) in [7, 11) is 0. The summed E-state index contributed by atoms with van der Waals surface area (Å²) < 4.78 is 2.79. The van der Waals surface area contributed by atoms with Crippen LogP contribution in [0.5, 0.6) is 0 Å². The van der Waals surface area contributed by atoms with Crippen LogP contribution < -0.4 is 10.5 Å². The summed E-state index contributed by atoms with van der Waals surface area (Å²) in [5, 5.41) is 1.89. The number of imidazole rings is 1. The summed E-state index contributed by atoms with van der Waals surface area (Å²) in [6, 6.07) is 1.88. The summed E-state index contributed by atoms with van der Waals surface area (Å²) in [6.07, 6.45) is 3.76. The zero-order valence-electron chi connectivity index (χ0n) is 10.0. The molecule has 4 heterocycles. The molecule has 0 amide bonds. The molecule has 0 atom stereocenters. The minimum absolute atomic E-state index is 0.0578. The molecular formula is C12H11N5OS. The number of hydrogen-bond donors (Lipinski definition) is 1. The number of rotatable bonds is 2. The summed E-state index contributed by atoms with van der Waals surface area (Å²) in [4.78, 5) is 25.7. The largest absolute Gasteiger partial charge is 0.333 e. The molecular weight excluding hydrogens is 262 g/mol. The lowest BCUT2D eigenvalue weighted by Crippen LogP contribution is -2.23. The highest BCUT2D eigenvalue weighted by Crippen LogP contribution is 2.20. The minimum Gasteiger partial charge on any atom is -0.333 e. The zero-order valence-corrected chi connectivity index (χ0v) is 10.9. The molecule has 0 saturated carbocycles. The van der Waals surface area contributed by atoms with E-state index < -0.39 is 0 Å².